The Morgan fingerprint density at radius 3 is 2.63 bits per heavy atom. The van der Waals surface area contributed by atoms with E-state index < -0.39 is 0 Å². The van der Waals surface area contributed by atoms with Gasteiger partial charge in [0.25, 0.3) is 0 Å². The number of hydrogen-bond acceptors (Lipinski definition) is 2. The van der Waals surface area contributed by atoms with Crippen LogP contribution < -0.4 is 5.73 Å². The Morgan fingerprint density at radius 1 is 1.11 bits per heavy atom. The SMILES string of the molecule is NC(CN1CCCc2ccccc2C1)C1CCCC1. The van der Waals surface area contributed by atoms with Crippen LogP contribution >= 0.6 is 0 Å². The highest BCUT2D eigenvalue weighted by Crippen LogP contribution is 2.28. The quantitative estimate of drug-likeness (QED) is 0.903. The molecule has 104 valence electrons. The maximum absolute atomic E-state index is 6.44. The van der Waals surface area contributed by atoms with Crippen LogP contribution in [-0.4, -0.2) is 24.0 Å². The summed E-state index contributed by atoms with van der Waals surface area (Å²) in [6, 6.07) is 9.29. The Hall–Kier alpha value is -0.860. The predicted molar refractivity (Wildman–Crippen MR) is 80.0 cm³/mol. The molecule has 0 saturated heterocycles. The van der Waals surface area contributed by atoms with Crippen LogP contribution in [0.1, 0.15) is 43.2 Å². The van der Waals surface area contributed by atoms with Gasteiger partial charge in [0.2, 0.25) is 0 Å². The number of nitrogens with zero attached hydrogens (tertiary/aromatic N) is 1. The Balaban J connectivity index is 1.62. The van der Waals surface area contributed by atoms with Crippen LogP contribution in [0.15, 0.2) is 24.3 Å². The van der Waals surface area contributed by atoms with Gasteiger partial charge in [0, 0.05) is 19.1 Å². The fourth-order valence-corrected chi connectivity index (χ4v) is 3.76. The Morgan fingerprint density at radius 2 is 1.84 bits per heavy atom. The van der Waals surface area contributed by atoms with Gasteiger partial charge in [-0.05, 0) is 49.3 Å². The van der Waals surface area contributed by atoms with Crippen molar-refractivity contribution in [1.82, 2.24) is 4.90 Å². The zero-order valence-corrected chi connectivity index (χ0v) is 11.9. The van der Waals surface area contributed by atoms with Crippen LogP contribution in [-0.2, 0) is 13.0 Å². The molecule has 0 aromatic heterocycles. The molecule has 0 spiro atoms. The molecular formula is C17H26N2. The fraction of sp³-hybridized carbons (Fsp3) is 0.647. The van der Waals surface area contributed by atoms with Gasteiger partial charge in [-0.2, -0.15) is 0 Å². The van der Waals surface area contributed by atoms with Crippen LogP contribution in [0.2, 0.25) is 0 Å². The van der Waals surface area contributed by atoms with Crippen molar-refractivity contribution >= 4 is 0 Å². The third-order valence-corrected chi connectivity index (χ3v) is 4.91. The van der Waals surface area contributed by atoms with E-state index in [9.17, 15) is 0 Å². The van der Waals surface area contributed by atoms with Crippen LogP contribution in [0.4, 0.5) is 0 Å². The predicted octanol–water partition coefficient (Wildman–Crippen LogP) is 2.95. The summed E-state index contributed by atoms with van der Waals surface area (Å²) in [6.45, 7) is 3.38. The van der Waals surface area contributed by atoms with E-state index in [1.54, 1.807) is 5.56 Å². The number of nitrogens with two attached hydrogens (primary N) is 1. The van der Waals surface area contributed by atoms with Crippen LogP contribution in [0, 0.1) is 5.92 Å². The molecule has 2 heteroatoms. The third-order valence-electron chi connectivity index (χ3n) is 4.91. The second-order valence-electron chi connectivity index (χ2n) is 6.32. The summed E-state index contributed by atoms with van der Waals surface area (Å²) >= 11 is 0. The summed E-state index contributed by atoms with van der Waals surface area (Å²) in [4.78, 5) is 2.58. The molecule has 1 aliphatic carbocycles. The lowest BCUT2D eigenvalue weighted by molar-refractivity contribution is 0.225. The summed E-state index contributed by atoms with van der Waals surface area (Å²) in [6.07, 6.45) is 7.99. The van der Waals surface area contributed by atoms with Crippen LogP contribution in [0.5, 0.6) is 0 Å². The van der Waals surface area contributed by atoms with E-state index in [1.807, 2.05) is 0 Å². The van der Waals surface area contributed by atoms with Gasteiger partial charge in [-0.3, -0.25) is 4.90 Å². The molecule has 1 aromatic rings. The highest BCUT2D eigenvalue weighted by molar-refractivity contribution is 5.28. The average molecular weight is 258 g/mol. The first-order chi connectivity index (χ1) is 9.33. The second kappa shape index (κ2) is 6.06. The van der Waals surface area contributed by atoms with Gasteiger partial charge >= 0.3 is 0 Å². The molecule has 3 rings (SSSR count). The molecule has 2 nitrogen and oxygen atoms in total. The first-order valence-electron chi connectivity index (χ1n) is 7.87. The maximum Gasteiger partial charge on any atom is 0.0237 e. The third kappa shape index (κ3) is 3.18. The lowest BCUT2D eigenvalue weighted by Crippen LogP contribution is -2.41. The van der Waals surface area contributed by atoms with E-state index in [0.717, 1.165) is 19.0 Å². The van der Waals surface area contributed by atoms with Crippen molar-refractivity contribution in [3.05, 3.63) is 35.4 Å². The highest BCUT2D eigenvalue weighted by atomic mass is 15.1. The van der Waals surface area contributed by atoms with Gasteiger partial charge in [0.1, 0.15) is 0 Å². The number of benzene rings is 1. The molecular weight excluding hydrogens is 232 g/mol. The first-order valence-corrected chi connectivity index (χ1v) is 7.87. The van der Waals surface area contributed by atoms with Gasteiger partial charge in [-0.25, -0.2) is 0 Å². The van der Waals surface area contributed by atoms with E-state index in [4.69, 9.17) is 5.73 Å². The minimum atomic E-state index is 0.382. The topological polar surface area (TPSA) is 29.3 Å². The minimum Gasteiger partial charge on any atom is -0.326 e. The summed E-state index contributed by atoms with van der Waals surface area (Å²) in [5.41, 5.74) is 9.49. The molecule has 19 heavy (non-hydrogen) atoms. The monoisotopic (exact) mass is 258 g/mol. The Labute approximate surface area is 117 Å². The summed E-state index contributed by atoms with van der Waals surface area (Å²) < 4.78 is 0. The molecule has 1 heterocycles. The van der Waals surface area contributed by atoms with Crippen molar-refractivity contribution in [3.63, 3.8) is 0 Å². The lowest BCUT2D eigenvalue weighted by Gasteiger charge is -2.27. The molecule has 2 N–H and O–H groups in total. The summed E-state index contributed by atoms with van der Waals surface area (Å²) in [7, 11) is 0. The highest BCUT2D eigenvalue weighted by Gasteiger charge is 2.24. The summed E-state index contributed by atoms with van der Waals surface area (Å²) in [5, 5.41) is 0. The normalized spacial score (nSPS) is 23.0. The van der Waals surface area contributed by atoms with Crippen molar-refractivity contribution in [1.29, 1.82) is 0 Å². The number of fused-ring (bicyclic) bond motifs is 1. The van der Waals surface area contributed by atoms with Crippen LogP contribution in [0.3, 0.4) is 0 Å². The van der Waals surface area contributed by atoms with E-state index in [2.05, 4.69) is 29.2 Å². The first kappa shape index (κ1) is 13.1. The smallest absolute Gasteiger partial charge is 0.0237 e. The van der Waals surface area contributed by atoms with Gasteiger partial charge in [0.15, 0.2) is 0 Å². The molecule has 0 bridgehead atoms. The molecule has 0 amide bonds. The number of aryl methyl sites for hydroxylation is 1. The number of hydrogen-bond donors (Lipinski definition) is 1. The molecule has 2 aliphatic rings. The Bertz CT molecular complexity index is 409. The van der Waals surface area contributed by atoms with Gasteiger partial charge in [-0.15, -0.1) is 0 Å². The second-order valence-corrected chi connectivity index (χ2v) is 6.32. The zero-order valence-electron chi connectivity index (χ0n) is 11.9. The summed E-state index contributed by atoms with van der Waals surface area (Å²) in [5.74, 6) is 0.776. The minimum absolute atomic E-state index is 0.382. The van der Waals surface area contributed by atoms with Gasteiger partial charge in [0.05, 0.1) is 0 Å². The van der Waals surface area contributed by atoms with Gasteiger partial charge in [-0.1, -0.05) is 37.1 Å². The van der Waals surface area contributed by atoms with E-state index >= 15 is 0 Å². The maximum atomic E-state index is 6.44. The van der Waals surface area contributed by atoms with Crippen molar-refractivity contribution in [2.45, 2.75) is 51.1 Å². The average Bonchev–Trinajstić information content (AvgIpc) is 2.87. The van der Waals surface area contributed by atoms with E-state index in [1.165, 1.54) is 50.6 Å². The van der Waals surface area contributed by atoms with E-state index in [-0.39, 0.29) is 0 Å². The molecule has 1 atom stereocenters. The molecule has 1 aliphatic heterocycles. The van der Waals surface area contributed by atoms with E-state index in [0.29, 0.717) is 6.04 Å². The largest absolute Gasteiger partial charge is 0.326 e. The molecule has 1 unspecified atom stereocenters. The molecule has 1 saturated carbocycles. The molecule has 1 aromatic carbocycles. The van der Waals surface area contributed by atoms with Crippen molar-refractivity contribution in [2.75, 3.05) is 13.1 Å². The van der Waals surface area contributed by atoms with Crippen molar-refractivity contribution < 1.29 is 0 Å². The molecule has 1 fully saturated rings. The van der Waals surface area contributed by atoms with Crippen molar-refractivity contribution in [3.8, 4) is 0 Å². The number of rotatable bonds is 3. The fourth-order valence-electron chi connectivity index (χ4n) is 3.76. The van der Waals surface area contributed by atoms with Crippen LogP contribution in [0.25, 0.3) is 0 Å². The molecule has 0 radical (unpaired) electrons. The zero-order chi connectivity index (χ0) is 13.1. The Kier molecular flexibility index (Phi) is 4.19. The standard InChI is InChI=1S/C17H26N2/c18-17(15-7-2-3-8-15)13-19-11-5-10-14-6-1-4-9-16(14)12-19/h1,4,6,9,15,17H,2-3,5,7-8,10-13,18H2. The van der Waals surface area contributed by atoms with Gasteiger partial charge < -0.3 is 5.73 Å². The lowest BCUT2D eigenvalue weighted by atomic mass is 9.98. The van der Waals surface area contributed by atoms with Crippen molar-refractivity contribution in [2.24, 2.45) is 11.7 Å².